The van der Waals surface area contributed by atoms with Gasteiger partial charge in [-0.2, -0.15) is 5.10 Å². The number of aromatic amines is 1. The van der Waals surface area contributed by atoms with Gasteiger partial charge in [0.1, 0.15) is 29.2 Å². The minimum Gasteiger partial charge on any atom is -0.488 e. The van der Waals surface area contributed by atoms with Crippen LogP contribution in [0.5, 0.6) is 5.75 Å². The van der Waals surface area contributed by atoms with Gasteiger partial charge in [-0.05, 0) is 57.2 Å². The molecule has 0 radical (unpaired) electrons. The predicted octanol–water partition coefficient (Wildman–Crippen LogP) is 4.26. The number of aromatic nitrogens is 4. The maximum absolute atomic E-state index is 6.17. The molecule has 3 fully saturated rings. The molecule has 2 aliphatic carbocycles. The summed E-state index contributed by atoms with van der Waals surface area (Å²) in [6.45, 7) is 8.75. The van der Waals surface area contributed by atoms with Crippen molar-refractivity contribution in [1.82, 2.24) is 25.1 Å². The number of nitrogens with one attached hydrogen (secondary N) is 1. The van der Waals surface area contributed by atoms with Crippen LogP contribution in [0.15, 0.2) is 30.6 Å². The third-order valence-electron chi connectivity index (χ3n) is 7.38. The molecule has 7 heteroatoms. The lowest BCUT2D eigenvalue weighted by atomic mass is 10.1. The summed E-state index contributed by atoms with van der Waals surface area (Å²) in [6.07, 6.45) is 8.12. The van der Waals surface area contributed by atoms with Crippen LogP contribution < -0.4 is 9.64 Å². The van der Waals surface area contributed by atoms with E-state index in [9.17, 15) is 0 Å². The van der Waals surface area contributed by atoms with E-state index in [-0.39, 0.29) is 5.60 Å². The van der Waals surface area contributed by atoms with Gasteiger partial charge in [-0.1, -0.05) is 12.8 Å². The Hall–Kier alpha value is -2.67. The highest BCUT2D eigenvalue weighted by atomic mass is 16.5. The Labute approximate surface area is 189 Å². The monoisotopic (exact) mass is 432 g/mol. The summed E-state index contributed by atoms with van der Waals surface area (Å²) in [5, 5.41) is 8.76. The molecule has 3 heterocycles. The molecule has 2 saturated carbocycles. The number of hydrogen-bond acceptors (Lipinski definition) is 6. The Morgan fingerprint density at radius 2 is 1.94 bits per heavy atom. The largest absolute Gasteiger partial charge is 0.488 e. The topological polar surface area (TPSA) is 70.2 Å². The van der Waals surface area contributed by atoms with Crippen molar-refractivity contribution in [3.8, 4) is 17.1 Å². The SMILES string of the molecule is CC(CC1CC1)N1CCN(c2cc(-c3n[nH]c4ccc(OC5(C)CC5)cc34)ncn2)CC1. The highest BCUT2D eigenvalue weighted by Gasteiger charge is 2.40. The number of H-pyrrole nitrogens is 1. The minimum atomic E-state index is -0.00202. The molecule has 6 rings (SSSR count). The van der Waals surface area contributed by atoms with Gasteiger partial charge in [0.25, 0.3) is 0 Å². The summed E-state index contributed by atoms with van der Waals surface area (Å²) in [4.78, 5) is 14.2. The molecule has 0 spiro atoms. The standard InChI is InChI=1S/C25H32N6O/c1-17(13-18-3-4-18)30-9-11-31(12-10-30)23-15-22(26-16-27-23)24-20-14-19(32-25(2)7-8-25)5-6-21(20)28-29-24/h5-6,14-18H,3-4,7-13H2,1-2H3,(H,28,29). The molecule has 2 aromatic heterocycles. The van der Waals surface area contributed by atoms with Crippen LogP contribution >= 0.6 is 0 Å². The number of benzene rings is 1. The fraction of sp³-hybridized carbons (Fsp3) is 0.560. The van der Waals surface area contributed by atoms with Gasteiger partial charge >= 0.3 is 0 Å². The van der Waals surface area contributed by atoms with Gasteiger partial charge in [-0.3, -0.25) is 10.00 Å². The molecule has 1 atom stereocenters. The van der Waals surface area contributed by atoms with Crippen molar-refractivity contribution < 1.29 is 4.74 Å². The molecule has 3 aromatic rings. The molecule has 1 N–H and O–H groups in total. The van der Waals surface area contributed by atoms with E-state index in [0.717, 1.165) is 78.8 Å². The first-order valence-electron chi connectivity index (χ1n) is 12.0. The highest BCUT2D eigenvalue weighted by Crippen LogP contribution is 2.40. The second kappa shape index (κ2) is 7.73. The van der Waals surface area contributed by atoms with Crippen molar-refractivity contribution >= 4 is 16.7 Å². The first kappa shape index (κ1) is 20.0. The first-order valence-corrected chi connectivity index (χ1v) is 12.0. The van der Waals surface area contributed by atoms with E-state index >= 15 is 0 Å². The number of nitrogens with zero attached hydrogens (tertiary/aromatic N) is 5. The van der Waals surface area contributed by atoms with Gasteiger partial charge in [0.15, 0.2) is 0 Å². The number of piperazine rings is 1. The summed E-state index contributed by atoms with van der Waals surface area (Å²) in [6, 6.07) is 8.91. The Balaban J connectivity index is 1.19. The van der Waals surface area contributed by atoms with Crippen LogP contribution in [0.4, 0.5) is 5.82 Å². The van der Waals surface area contributed by atoms with E-state index in [0.29, 0.717) is 6.04 Å². The molecule has 7 nitrogen and oxygen atoms in total. The minimum absolute atomic E-state index is 0.00202. The third-order valence-corrected chi connectivity index (χ3v) is 7.38. The number of fused-ring (bicyclic) bond motifs is 1. The second-order valence-electron chi connectivity index (χ2n) is 10.1. The fourth-order valence-corrected chi connectivity index (χ4v) is 4.84. The van der Waals surface area contributed by atoms with Crippen molar-refractivity contribution in [2.45, 2.75) is 57.6 Å². The lowest BCUT2D eigenvalue weighted by Crippen LogP contribution is -2.50. The van der Waals surface area contributed by atoms with Gasteiger partial charge in [-0.25, -0.2) is 9.97 Å². The molecule has 3 aliphatic rings. The Bertz CT molecular complexity index is 1110. The van der Waals surface area contributed by atoms with Crippen molar-refractivity contribution in [2.75, 3.05) is 31.1 Å². The molecule has 32 heavy (non-hydrogen) atoms. The van der Waals surface area contributed by atoms with E-state index in [1.165, 1.54) is 19.3 Å². The van der Waals surface area contributed by atoms with Crippen LogP contribution in [0.3, 0.4) is 0 Å². The van der Waals surface area contributed by atoms with Crippen LogP contribution in [0.1, 0.15) is 46.0 Å². The zero-order valence-corrected chi connectivity index (χ0v) is 19.0. The molecular weight excluding hydrogens is 400 g/mol. The predicted molar refractivity (Wildman–Crippen MR) is 126 cm³/mol. The molecule has 0 amide bonds. The average Bonchev–Trinajstić information content (AvgIpc) is 3.73. The maximum atomic E-state index is 6.17. The summed E-state index contributed by atoms with van der Waals surface area (Å²) in [5.41, 5.74) is 2.69. The quantitative estimate of drug-likeness (QED) is 0.602. The van der Waals surface area contributed by atoms with Crippen LogP contribution in [0.2, 0.25) is 0 Å². The van der Waals surface area contributed by atoms with E-state index in [1.807, 2.05) is 12.1 Å². The number of hydrogen-bond donors (Lipinski definition) is 1. The zero-order chi connectivity index (χ0) is 21.7. The van der Waals surface area contributed by atoms with Crippen LogP contribution in [0, 0.1) is 5.92 Å². The summed E-state index contributed by atoms with van der Waals surface area (Å²) in [5.74, 6) is 2.86. The second-order valence-corrected chi connectivity index (χ2v) is 10.1. The molecular formula is C25H32N6O. The molecule has 1 saturated heterocycles. The van der Waals surface area contributed by atoms with E-state index < -0.39 is 0 Å². The molecule has 1 aliphatic heterocycles. The molecule has 1 aromatic carbocycles. The van der Waals surface area contributed by atoms with Gasteiger partial charge in [0.05, 0.1) is 11.2 Å². The van der Waals surface area contributed by atoms with Gasteiger partial charge in [0, 0.05) is 43.7 Å². The van der Waals surface area contributed by atoms with Crippen molar-refractivity contribution in [1.29, 1.82) is 0 Å². The van der Waals surface area contributed by atoms with Crippen molar-refractivity contribution in [3.05, 3.63) is 30.6 Å². The molecule has 0 bridgehead atoms. The molecule has 168 valence electrons. The maximum Gasteiger partial charge on any atom is 0.132 e. The van der Waals surface area contributed by atoms with E-state index in [4.69, 9.17) is 4.74 Å². The lowest BCUT2D eigenvalue weighted by Gasteiger charge is -2.38. The fourth-order valence-electron chi connectivity index (χ4n) is 4.84. The van der Waals surface area contributed by atoms with E-state index in [1.54, 1.807) is 6.33 Å². The smallest absolute Gasteiger partial charge is 0.132 e. The van der Waals surface area contributed by atoms with Crippen LogP contribution in [-0.4, -0.2) is 62.9 Å². The summed E-state index contributed by atoms with van der Waals surface area (Å²) < 4.78 is 6.17. The van der Waals surface area contributed by atoms with Gasteiger partial charge in [0.2, 0.25) is 0 Å². The van der Waals surface area contributed by atoms with Crippen molar-refractivity contribution in [2.24, 2.45) is 5.92 Å². The summed E-state index contributed by atoms with van der Waals surface area (Å²) in [7, 11) is 0. The van der Waals surface area contributed by atoms with Crippen molar-refractivity contribution in [3.63, 3.8) is 0 Å². The Morgan fingerprint density at radius 1 is 1.12 bits per heavy atom. The Kier molecular flexibility index (Phi) is 4.82. The number of rotatable bonds is 7. The van der Waals surface area contributed by atoms with Gasteiger partial charge in [-0.15, -0.1) is 0 Å². The zero-order valence-electron chi connectivity index (χ0n) is 19.0. The average molecular weight is 433 g/mol. The number of anilines is 1. The highest BCUT2D eigenvalue weighted by molar-refractivity contribution is 5.93. The van der Waals surface area contributed by atoms with Crippen LogP contribution in [0.25, 0.3) is 22.3 Å². The summed E-state index contributed by atoms with van der Waals surface area (Å²) >= 11 is 0. The normalized spacial score (nSPS) is 21.6. The van der Waals surface area contributed by atoms with Crippen LogP contribution in [-0.2, 0) is 0 Å². The lowest BCUT2D eigenvalue weighted by molar-refractivity contribution is 0.183. The van der Waals surface area contributed by atoms with Gasteiger partial charge < -0.3 is 9.64 Å². The number of ether oxygens (including phenoxy) is 1. The molecule has 1 unspecified atom stereocenters. The first-order chi connectivity index (χ1) is 15.6. The third kappa shape index (κ3) is 4.06. The Morgan fingerprint density at radius 3 is 2.69 bits per heavy atom. The van der Waals surface area contributed by atoms with E-state index in [2.05, 4.69) is 55.9 Å².